The molecule has 1 amide bonds. The fraction of sp³-hybridized carbons (Fsp3) is 0.444. The molecule has 2 aromatic carbocycles. The Bertz CT molecular complexity index is 967. The number of aromatic amines is 1. The molecule has 0 bridgehead atoms. The minimum absolute atomic E-state index is 0.222. The number of fused-ring (bicyclic) bond motifs is 1. The zero-order valence-electron chi connectivity index (χ0n) is 19.3. The van der Waals surface area contributed by atoms with Crippen LogP contribution < -0.4 is 5.32 Å². The largest absolute Gasteiger partial charge is 0.361 e. The van der Waals surface area contributed by atoms with Crippen LogP contribution in [0.3, 0.4) is 0 Å². The molecular formula is C27H36N2OS. The second-order valence-corrected chi connectivity index (χ2v) is 9.50. The van der Waals surface area contributed by atoms with Crippen molar-refractivity contribution in [2.24, 2.45) is 0 Å². The van der Waals surface area contributed by atoms with E-state index in [0.29, 0.717) is 6.04 Å². The summed E-state index contributed by atoms with van der Waals surface area (Å²) in [6, 6.07) is 16.2. The van der Waals surface area contributed by atoms with Gasteiger partial charge in [0.05, 0.1) is 0 Å². The predicted molar refractivity (Wildman–Crippen MR) is 135 cm³/mol. The highest BCUT2D eigenvalue weighted by Crippen LogP contribution is 2.51. The van der Waals surface area contributed by atoms with Gasteiger partial charge in [-0.25, -0.2) is 0 Å². The summed E-state index contributed by atoms with van der Waals surface area (Å²) in [5.41, 5.74) is 7.14. The van der Waals surface area contributed by atoms with E-state index in [1.165, 1.54) is 58.2 Å². The first kappa shape index (κ1) is 23.5. The highest BCUT2D eigenvalue weighted by atomic mass is 32.2. The lowest BCUT2D eigenvalue weighted by molar-refractivity contribution is -0.110. The van der Waals surface area contributed by atoms with Gasteiger partial charge in [-0.1, -0.05) is 68.3 Å². The average Bonchev–Trinajstić information content (AvgIpc) is 3.42. The molecule has 1 atom stereocenters. The van der Waals surface area contributed by atoms with Gasteiger partial charge < -0.3 is 10.3 Å². The Morgan fingerprint density at radius 3 is 2.42 bits per heavy atom. The Hall–Kier alpha value is -2.20. The van der Waals surface area contributed by atoms with E-state index in [4.69, 9.17) is 0 Å². The Morgan fingerprint density at radius 2 is 1.84 bits per heavy atom. The van der Waals surface area contributed by atoms with Crippen LogP contribution in [0, 0.1) is 13.8 Å². The van der Waals surface area contributed by atoms with Crippen molar-refractivity contribution in [3.63, 3.8) is 0 Å². The number of H-pyrrole nitrogens is 1. The molecule has 0 spiro atoms. The SMILES string of the molecule is CC.Cc1ccc(C2(c3c[nH]c4c(C)cccc34)CCC2)cc1.O=CNC1CCSC1. The lowest BCUT2D eigenvalue weighted by Gasteiger charge is -2.42. The number of carbonyl (C=O) groups is 1. The Balaban J connectivity index is 0.000000230. The number of hydrogen-bond donors (Lipinski definition) is 2. The summed E-state index contributed by atoms with van der Waals surface area (Å²) in [4.78, 5) is 13.4. The van der Waals surface area contributed by atoms with Crippen LogP contribution in [0.4, 0.5) is 0 Å². The van der Waals surface area contributed by atoms with Crippen molar-refractivity contribution in [1.29, 1.82) is 0 Å². The predicted octanol–water partition coefficient (Wildman–Crippen LogP) is 6.52. The molecule has 1 aliphatic heterocycles. The number of hydrogen-bond acceptors (Lipinski definition) is 2. The number of aryl methyl sites for hydroxylation is 2. The van der Waals surface area contributed by atoms with Crippen molar-refractivity contribution >= 4 is 29.1 Å². The first-order valence-corrected chi connectivity index (χ1v) is 12.7. The summed E-state index contributed by atoms with van der Waals surface area (Å²) in [5.74, 6) is 2.30. The van der Waals surface area contributed by atoms with Gasteiger partial charge in [0.2, 0.25) is 6.41 Å². The maximum atomic E-state index is 9.84. The van der Waals surface area contributed by atoms with Crippen LogP contribution in [0.1, 0.15) is 61.8 Å². The van der Waals surface area contributed by atoms with Crippen LogP contribution in [0.15, 0.2) is 48.7 Å². The third-order valence-electron chi connectivity index (χ3n) is 6.48. The van der Waals surface area contributed by atoms with Crippen LogP contribution in [0.2, 0.25) is 0 Å². The standard InChI is InChI=1S/C20H21N.C5H9NOS.C2H6/c1-14-7-9-16(10-8-14)20(11-4-12-20)18-13-21-19-15(2)5-3-6-17(18)19;7-4-6-5-1-2-8-3-5;1-2/h3,5-10,13,21H,4,11-12H2,1-2H3;4-5H,1-3H2,(H,6,7);1-2H3. The molecule has 5 rings (SSSR count). The summed E-state index contributed by atoms with van der Waals surface area (Å²) in [5, 5.41) is 4.14. The van der Waals surface area contributed by atoms with Crippen molar-refractivity contribution < 1.29 is 4.79 Å². The van der Waals surface area contributed by atoms with Gasteiger partial charge in [0.15, 0.2) is 0 Å². The minimum atomic E-state index is 0.222. The van der Waals surface area contributed by atoms with Crippen molar-refractivity contribution in [3.05, 3.63) is 70.9 Å². The van der Waals surface area contributed by atoms with Crippen molar-refractivity contribution in [2.75, 3.05) is 11.5 Å². The summed E-state index contributed by atoms with van der Waals surface area (Å²) < 4.78 is 0. The fourth-order valence-electron chi connectivity index (χ4n) is 4.58. The van der Waals surface area contributed by atoms with Crippen molar-refractivity contribution in [1.82, 2.24) is 10.3 Å². The van der Waals surface area contributed by atoms with Gasteiger partial charge in [0.25, 0.3) is 0 Å². The summed E-state index contributed by atoms with van der Waals surface area (Å²) in [6.45, 7) is 8.34. The number of nitrogens with one attached hydrogen (secondary N) is 2. The molecule has 1 aromatic heterocycles. The van der Waals surface area contributed by atoms with Crippen molar-refractivity contribution in [3.8, 4) is 0 Å². The monoisotopic (exact) mass is 436 g/mol. The van der Waals surface area contributed by atoms with Gasteiger partial charge in [-0.3, -0.25) is 4.79 Å². The fourth-order valence-corrected chi connectivity index (χ4v) is 5.75. The highest BCUT2D eigenvalue weighted by molar-refractivity contribution is 7.99. The number of thioether (sulfide) groups is 1. The first-order valence-electron chi connectivity index (χ1n) is 11.6. The number of amides is 1. The molecule has 2 aliphatic rings. The number of para-hydroxylation sites is 1. The summed E-state index contributed by atoms with van der Waals surface area (Å²) in [7, 11) is 0. The number of benzene rings is 2. The van der Waals surface area contributed by atoms with E-state index in [2.05, 4.69) is 72.8 Å². The highest BCUT2D eigenvalue weighted by Gasteiger charge is 2.41. The van der Waals surface area contributed by atoms with E-state index in [9.17, 15) is 4.79 Å². The molecule has 1 saturated carbocycles. The molecule has 2 heterocycles. The second kappa shape index (κ2) is 10.9. The molecule has 0 radical (unpaired) electrons. The minimum Gasteiger partial charge on any atom is -0.361 e. The molecule has 2 N–H and O–H groups in total. The van der Waals surface area contributed by atoms with Gasteiger partial charge in [-0.05, 0) is 55.6 Å². The van der Waals surface area contributed by atoms with Crippen LogP contribution >= 0.6 is 11.8 Å². The summed E-state index contributed by atoms with van der Waals surface area (Å²) in [6.07, 6.45) is 8.02. The molecule has 31 heavy (non-hydrogen) atoms. The van der Waals surface area contributed by atoms with Gasteiger partial charge in [-0.2, -0.15) is 11.8 Å². The summed E-state index contributed by atoms with van der Waals surface area (Å²) >= 11 is 1.90. The molecule has 1 aliphatic carbocycles. The Labute approximate surface area is 191 Å². The van der Waals surface area contributed by atoms with E-state index in [1.54, 1.807) is 0 Å². The zero-order valence-corrected chi connectivity index (χ0v) is 20.1. The molecule has 1 saturated heterocycles. The van der Waals surface area contributed by atoms with E-state index in [1.807, 2.05) is 25.6 Å². The Morgan fingerprint density at radius 1 is 1.10 bits per heavy atom. The number of aromatic nitrogens is 1. The Kier molecular flexibility index (Phi) is 8.25. The van der Waals surface area contributed by atoms with Crippen LogP contribution in [0.25, 0.3) is 10.9 Å². The molecule has 1 unspecified atom stereocenters. The van der Waals surface area contributed by atoms with Crippen molar-refractivity contribution in [2.45, 2.75) is 64.8 Å². The van der Waals surface area contributed by atoms with Gasteiger partial charge in [0, 0.05) is 34.3 Å². The molecule has 166 valence electrons. The molecule has 3 nitrogen and oxygen atoms in total. The third-order valence-corrected chi connectivity index (χ3v) is 7.65. The molecule has 2 fully saturated rings. The topological polar surface area (TPSA) is 44.9 Å². The lowest BCUT2D eigenvalue weighted by Crippen LogP contribution is -2.35. The van der Waals surface area contributed by atoms with Gasteiger partial charge in [0.1, 0.15) is 0 Å². The molecular weight excluding hydrogens is 400 g/mol. The lowest BCUT2D eigenvalue weighted by atomic mass is 9.60. The first-order chi connectivity index (χ1) is 15.1. The van der Waals surface area contributed by atoms with E-state index >= 15 is 0 Å². The maximum absolute atomic E-state index is 9.84. The van der Waals surface area contributed by atoms with E-state index in [-0.39, 0.29) is 5.41 Å². The smallest absolute Gasteiger partial charge is 0.207 e. The van der Waals surface area contributed by atoms with Crippen LogP contribution in [-0.4, -0.2) is 28.9 Å². The molecule has 3 aromatic rings. The van der Waals surface area contributed by atoms with Gasteiger partial charge >= 0.3 is 0 Å². The third kappa shape index (κ3) is 5.01. The number of rotatable bonds is 4. The average molecular weight is 437 g/mol. The number of carbonyl (C=O) groups excluding carboxylic acids is 1. The zero-order chi connectivity index (χ0) is 22.3. The molecule has 4 heteroatoms. The quantitative estimate of drug-likeness (QED) is 0.457. The van der Waals surface area contributed by atoms with Gasteiger partial charge in [-0.15, -0.1) is 0 Å². The maximum Gasteiger partial charge on any atom is 0.207 e. The van der Waals surface area contributed by atoms with E-state index in [0.717, 1.165) is 18.6 Å². The normalized spacial score (nSPS) is 18.8. The van der Waals surface area contributed by atoms with Crippen LogP contribution in [0.5, 0.6) is 0 Å². The second-order valence-electron chi connectivity index (χ2n) is 8.35. The van der Waals surface area contributed by atoms with E-state index < -0.39 is 0 Å². The van der Waals surface area contributed by atoms with Crippen LogP contribution in [-0.2, 0) is 10.2 Å².